The van der Waals surface area contributed by atoms with E-state index in [0.717, 1.165) is 28.6 Å². The van der Waals surface area contributed by atoms with Gasteiger partial charge in [0, 0.05) is 0 Å². The van der Waals surface area contributed by atoms with Gasteiger partial charge in [0.1, 0.15) is 12.4 Å². The van der Waals surface area contributed by atoms with Crippen LogP contribution >= 0.6 is 11.8 Å². The maximum Gasteiger partial charge on any atom is 0.293 e. The van der Waals surface area contributed by atoms with E-state index in [9.17, 15) is 14.4 Å². The predicted molar refractivity (Wildman–Crippen MR) is 126 cm³/mol. The van der Waals surface area contributed by atoms with Gasteiger partial charge in [-0.1, -0.05) is 18.2 Å². The van der Waals surface area contributed by atoms with E-state index < -0.39 is 5.91 Å². The number of aryl methyl sites for hydroxylation is 2. The highest BCUT2D eigenvalue weighted by molar-refractivity contribution is 8.18. The minimum atomic E-state index is -0.600. The topological polar surface area (TPSA) is 108 Å². The molecule has 0 aliphatic carbocycles. The van der Waals surface area contributed by atoms with Crippen molar-refractivity contribution in [3.63, 3.8) is 0 Å². The van der Waals surface area contributed by atoms with Gasteiger partial charge >= 0.3 is 0 Å². The van der Waals surface area contributed by atoms with E-state index in [4.69, 9.17) is 19.9 Å². The fourth-order valence-electron chi connectivity index (χ4n) is 3.10. The Morgan fingerprint density at radius 1 is 1.03 bits per heavy atom. The first-order valence-electron chi connectivity index (χ1n) is 10.4. The Labute approximate surface area is 196 Å². The lowest BCUT2D eigenvalue weighted by Gasteiger charge is -2.14. The zero-order chi connectivity index (χ0) is 24.0. The van der Waals surface area contributed by atoms with E-state index in [0.29, 0.717) is 28.6 Å². The van der Waals surface area contributed by atoms with Crippen LogP contribution in [0, 0.1) is 13.8 Å². The fraction of sp³-hybridized carbons (Fsp3) is 0.292. The first-order valence-corrected chi connectivity index (χ1v) is 11.2. The third kappa shape index (κ3) is 6.29. The summed E-state index contributed by atoms with van der Waals surface area (Å²) in [6.07, 6.45) is 1.62. The summed E-state index contributed by atoms with van der Waals surface area (Å²) in [5.74, 6) is 0.538. The minimum Gasteiger partial charge on any atom is -0.491 e. The molecule has 1 aliphatic rings. The number of carbonyl (C=O) groups is 3. The number of primary amides is 1. The lowest BCUT2D eigenvalue weighted by molar-refractivity contribution is -0.123. The van der Waals surface area contributed by atoms with Crippen molar-refractivity contribution in [3.8, 4) is 17.2 Å². The van der Waals surface area contributed by atoms with Crippen molar-refractivity contribution in [1.82, 2.24) is 4.90 Å². The van der Waals surface area contributed by atoms with E-state index in [-0.39, 0.29) is 30.9 Å². The molecule has 3 rings (SSSR count). The lowest BCUT2D eigenvalue weighted by atomic mass is 10.1. The Morgan fingerprint density at radius 3 is 2.55 bits per heavy atom. The second kappa shape index (κ2) is 10.9. The highest BCUT2D eigenvalue weighted by Gasteiger charge is 2.34. The predicted octanol–water partition coefficient (Wildman–Crippen LogP) is 3.68. The van der Waals surface area contributed by atoms with Crippen molar-refractivity contribution >= 4 is 34.9 Å². The SMILES string of the molecule is CCOc1cc(/C=C2\SC(=O)N(CCOc3cc(C)ccc3C)C2=O)ccc1OCC(N)=O. The van der Waals surface area contributed by atoms with Crippen molar-refractivity contribution in [1.29, 1.82) is 0 Å². The second-order valence-corrected chi connectivity index (χ2v) is 8.34. The summed E-state index contributed by atoms with van der Waals surface area (Å²) in [4.78, 5) is 37.7. The molecule has 1 fully saturated rings. The molecule has 1 heterocycles. The van der Waals surface area contributed by atoms with Crippen molar-refractivity contribution in [2.45, 2.75) is 20.8 Å². The standard InChI is InChI=1S/C24H26N2O6S/c1-4-30-20-12-17(7-8-18(20)32-14-22(25)27)13-21-23(28)26(24(29)33-21)9-10-31-19-11-15(2)5-6-16(19)3/h5-8,11-13H,4,9-10,14H2,1-3H3,(H2,25,27)/b21-13-. The van der Waals surface area contributed by atoms with E-state index in [2.05, 4.69) is 0 Å². The zero-order valence-electron chi connectivity index (χ0n) is 18.8. The van der Waals surface area contributed by atoms with Crippen molar-refractivity contribution in [2.24, 2.45) is 5.73 Å². The van der Waals surface area contributed by atoms with Crippen molar-refractivity contribution in [2.75, 3.05) is 26.4 Å². The summed E-state index contributed by atoms with van der Waals surface area (Å²) in [6, 6.07) is 10.9. The zero-order valence-corrected chi connectivity index (χ0v) is 19.6. The Balaban J connectivity index is 1.68. The molecule has 0 atom stereocenters. The number of rotatable bonds is 10. The molecule has 2 aromatic carbocycles. The van der Waals surface area contributed by atoms with Gasteiger partial charge in [-0.05, 0) is 73.5 Å². The van der Waals surface area contributed by atoms with Crippen molar-refractivity contribution in [3.05, 3.63) is 58.0 Å². The maximum atomic E-state index is 12.8. The quantitative estimate of drug-likeness (QED) is 0.528. The summed E-state index contributed by atoms with van der Waals surface area (Å²) < 4.78 is 16.7. The molecule has 1 aliphatic heterocycles. The van der Waals surface area contributed by atoms with E-state index in [1.165, 1.54) is 4.90 Å². The molecule has 0 bridgehead atoms. The molecule has 9 heteroatoms. The first-order chi connectivity index (χ1) is 15.8. The van der Waals surface area contributed by atoms with Gasteiger partial charge in [0.2, 0.25) is 0 Å². The number of ether oxygens (including phenoxy) is 3. The molecular formula is C24H26N2O6S. The van der Waals surface area contributed by atoms with Crippen LogP contribution in [0.5, 0.6) is 17.2 Å². The fourth-order valence-corrected chi connectivity index (χ4v) is 3.97. The molecule has 33 heavy (non-hydrogen) atoms. The Kier molecular flexibility index (Phi) is 8.00. The molecule has 0 aromatic heterocycles. The molecule has 1 saturated heterocycles. The number of hydrogen-bond acceptors (Lipinski definition) is 7. The Bertz CT molecular complexity index is 1100. The van der Waals surface area contributed by atoms with Gasteiger partial charge < -0.3 is 19.9 Å². The molecule has 0 spiro atoms. The molecule has 174 valence electrons. The van der Waals surface area contributed by atoms with Gasteiger partial charge in [0.05, 0.1) is 18.1 Å². The molecule has 3 amide bonds. The van der Waals surface area contributed by atoms with Crippen LogP contribution in [0.1, 0.15) is 23.6 Å². The van der Waals surface area contributed by atoms with Crippen LogP contribution in [-0.4, -0.2) is 48.3 Å². The van der Waals surface area contributed by atoms with Crippen molar-refractivity contribution < 1.29 is 28.6 Å². The van der Waals surface area contributed by atoms with Gasteiger partial charge in [-0.25, -0.2) is 0 Å². The second-order valence-electron chi connectivity index (χ2n) is 7.34. The summed E-state index contributed by atoms with van der Waals surface area (Å²) in [6.45, 7) is 6.20. The molecule has 2 aromatic rings. The number of nitrogens with two attached hydrogens (primary N) is 1. The molecule has 0 unspecified atom stereocenters. The highest BCUT2D eigenvalue weighted by Crippen LogP contribution is 2.34. The Hall–Kier alpha value is -3.46. The molecule has 2 N–H and O–H groups in total. The average Bonchev–Trinajstić information content (AvgIpc) is 3.03. The van der Waals surface area contributed by atoms with Crippen LogP contribution in [-0.2, 0) is 9.59 Å². The molecular weight excluding hydrogens is 444 g/mol. The van der Waals surface area contributed by atoms with Crippen LogP contribution in [0.2, 0.25) is 0 Å². The van der Waals surface area contributed by atoms with Gasteiger partial charge in [-0.15, -0.1) is 0 Å². The summed E-state index contributed by atoms with van der Waals surface area (Å²) in [7, 11) is 0. The number of imide groups is 1. The van der Waals surface area contributed by atoms with Gasteiger partial charge in [-0.2, -0.15) is 0 Å². The van der Waals surface area contributed by atoms with Crippen LogP contribution < -0.4 is 19.9 Å². The number of carbonyl (C=O) groups excluding carboxylic acids is 3. The lowest BCUT2D eigenvalue weighted by Crippen LogP contribution is -2.32. The Morgan fingerprint density at radius 2 is 1.82 bits per heavy atom. The molecule has 0 saturated carbocycles. The largest absolute Gasteiger partial charge is 0.491 e. The van der Waals surface area contributed by atoms with Gasteiger partial charge in [0.15, 0.2) is 18.1 Å². The minimum absolute atomic E-state index is 0.152. The molecule has 8 nitrogen and oxygen atoms in total. The normalized spacial score (nSPS) is 14.6. The van der Waals surface area contributed by atoms with E-state index in [1.807, 2.05) is 39.0 Å². The van der Waals surface area contributed by atoms with Crippen LogP contribution in [0.4, 0.5) is 4.79 Å². The molecule has 0 radical (unpaired) electrons. The maximum absolute atomic E-state index is 12.8. The van der Waals surface area contributed by atoms with Gasteiger partial charge in [-0.3, -0.25) is 19.3 Å². The number of nitrogens with zero attached hydrogens (tertiary/aromatic N) is 1. The summed E-state index contributed by atoms with van der Waals surface area (Å²) in [5, 5.41) is -0.345. The average molecular weight is 471 g/mol. The summed E-state index contributed by atoms with van der Waals surface area (Å²) >= 11 is 0.876. The van der Waals surface area contributed by atoms with E-state index >= 15 is 0 Å². The number of hydrogen-bond donors (Lipinski definition) is 1. The summed E-state index contributed by atoms with van der Waals surface area (Å²) in [5.41, 5.74) is 7.84. The van der Waals surface area contributed by atoms with E-state index in [1.54, 1.807) is 24.3 Å². The number of benzene rings is 2. The number of amides is 3. The van der Waals surface area contributed by atoms with Crippen LogP contribution in [0.15, 0.2) is 41.3 Å². The van der Waals surface area contributed by atoms with Crippen LogP contribution in [0.3, 0.4) is 0 Å². The first kappa shape index (κ1) is 24.2. The third-order valence-corrected chi connectivity index (χ3v) is 5.63. The number of thioether (sulfide) groups is 1. The smallest absolute Gasteiger partial charge is 0.293 e. The van der Waals surface area contributed by atoms with Crippen LogP contribution in [0.25, 0.3) is 6.08 Å². The highest BCUT2D eigenvalue weighted by atomic mass is 32.2. The third-order valence-electron chi connectivity index (χ3n) is 4.72. The monoisotopic (exact) mass is 470 g/mol. The van der Waals surface area contributed by atoms with Gasteiger partial charge in [0.25, 0.3) is 17.1 Å².